The standard InChI is InChI=1S/C21H27N3O4/c1-6-24(7-2)20(26)15-10-9-11-16(12-15)23-19(25)18-13(4)17(14(5)22-18)21(27)28-8-3/h9-12,22H,6-8H2,1-5H3,(H,23,25). The number of esters is 1. The molecule has 2 amide bonds. The summed E-state index contributed by atoms with van der Waals surface area (Å²) in [5, 5.41) is 2.79. The Morgan fingerprint density at radius 1 is 1.11 bits per heavy atom. The number of aromatic amines is 1. The first-order valence-electron chi connectivity index (χ1n) is 9.40. The summed E-state index contributed by atoms with van der Waals surface area (Å²) in [6.07, 6.45) is 0. The van der Waals surface area contributed by atoms with Crippen LogP contribution in [0.1, 0.15) is 63.2 Å². The molecule has 0 spiro atoms. The van der Waals surface area contributed by atoms with Gasteiger partial charge in [-0.05, 0) is 58.4 Å². The van der Waals surface area contributed by atoms with E-state index in [-0.39, 0.29) is 18.4 Å². The number of hydrogen-bond donors (Lipinski definition) is 2. The molecule has 0 fully saturated rings. The number of carbonyl (C=O) groups is 3. The Labute approximate surface area is 165 Å². The van der Waals surface area contributed by atoms with Gasteiger partial charge in [0.1, 0.15) is 5.69 Å². The van der Waals surface area contributed by atoms with E-state index in [0.717, 1.165) is 0 Å². The smallest absolute Gasteiger partial charge is 0.340 e. The molecule has 7 heteroatoms. The molecule has 2 rings (SSSR count). The maximum atomic E-state index is 12.7. The summed E-state index contributed by atoms with van der Waals surface area (Å²) in [6, 6.07) is 6.81. The van der Waals surface area contributed by atoms with E-state index in [1.54, 1.807) is 49.9 Å². The fourth-order valence-electron chi connectivity index (χ4n) is 3.10. The SMILES string of the molecule is CCOC(=O)c1c(C)[nH]c(C(=O)Nc2cccc(C(=O)N(CC)CC)c2)c1C. The lowest BCUT2D eigenvalue weighted by Crippen LogP contribution is -2.30. The fraction of sp³-hybridized carbons (Fsp3) is 0.381. The number of anilines is 1. The van der Waals surface area contributed by atoms with Crippen LogP contribution in [-0.2, 0) is 4.74 Å². The molecule has 0 radical (unpaired) electrons. The number of aromatic nitrogens is 1. The van der Waals surface area contributed by atoms with Gasteiger partial charge in [0, 0.05) is 30.0 Å². The molecule has 7 nitrogen and oxygen atoms in total. The summed E-state index contributed by atoms with van der Waals surface area (Å²) in [4.78, 5) is 42.0. The maximum absolute atomic E-state index is 12.7. The molecule has 0 bridgehead atoms. The zero-order valence-corrected chi connectivity index (χ0v) is 17.0. The van der Waals surface area contributed by atoms with Crippen molar-refractivity contribution in [1.82, 2.24) is 9.88 Å². The number of amides is 2. The topological polar surface area (TPSA) is 91.5 Å². The highest BCUT2D eigenvalue weighted by atomic mass is 16.5. The quantitative estimate of drug-likeness (QED) is 0.713. The van der Waals surface area contributed by atoms with Gasteiger partial charge in [0.15, 0.2) is 0 Å². The van der Waals surface area contributed by atoms with Crippen LogP contribution in [0, 0.1) is 13.8 Å². The van der Waals surface area contributed by atoms with E-state index in [0.29, 0.717) is 46.9 Å². The van der Waals surface area contributed by atoms with Gasteiger partial charge in [-0.2, -0.15) is 0 Å². The molecule has 28 heavy (non-hydrogen) atoms. The molecule has 2 aromatic rings. The van der Waals surface area contributed by atoms with Crippen LogP contribution in [0.15, 0.2) is 24.3 Å². The molecule has 0 saturated carbocycles. The number of ether oxygens (including phenoxy) is 1. The van der Waals surface area contributed by atoms with E-state index in [4.69, 9.17) is 4.74 Å². The third-order valence-corrected chi connectivity index (χ3v) is 4.56. The minimum Gasteiger partial charge on any atom is -0.462 e. The van der Waals surface area contributed by atoms with Crippen molar-refractivity contribution < 1.29 is 19.1 Å². The predicted molar refractivity (Wildman–Crippen MR) is 108 cm³/mol. The van der Waals surface area contributed by atoms with E-state index in [1.807, 2.05) is 13.8 Å². The number of benzene rings is 1. The summed E-state index contributed by atoms with van der Waals surface area (Å²) in [6.45, 7) is 10.5. The molecule has 2 N–H and O–H groups in total. The van der Waals surface area contributed by atoms with E-state index in [1.165, 1.54) is 0 Å². The van der Waals surface area contributed by atoms with Crippen LogP contribution in [0.2, 0.25) is 0 Å². The lowest BCUT2D eigenvalue weighted by molar-refractivity contribution is 0.0524. The van der Waals surface area contributed by atoms with Crippen molar-refractivity contribution in [1.29, 1.82) is 0 Å². The predicted octanol–water partition coefficient (Wildman–Crippen LogP) is 3.54. The Morgan fingerprint density at radius 3 is 2.39 bits per heavy atom. The Hall–Kier alpha value is -3.09. The van der Waals surface area contributed by atoms with E-state index in [9.17, 15) is 14.4 Å². The molecule has 0 saturated heterocycles. The monoisotopic (exact) mass is 385 g/mol. The molecule has 0 aliphatic carbocycles. The number of nitrogens with one attached hydrogen (secondary N) is 2. The first-order valence-corrected chi connectivity index (χ1v) is 9.40. The highest BCUT2D eigenvalue weighted by Gasteiger charge is 2.23. The number of H-pyrrole nitrogens is 1. The molecule has 0 unspecified atom stereocenters. The summed E-state index contributed by atoms with van der Waals surface area (Å²) in [7, 11) is 0. The molecule has 1 heterocycles. The lowest BCUT2D eigenvalue weighted by atomic mass is 10.1. The number of hydrogen-bond acceptors (Lipinski definition) is 4. The third-order valence-electron chi connectivity index (χ3n) is 4.56. The highest BCUT2D eigenvalue weighted by Crippen LogP contribution is 2.21. The number of aryl methyl sites for hydroxylation is 1. The molecule has 0 aliphatic rings. The first-order chi connectivity index (χ1) is 13.3. The van der Waals surface area contributed by atoms with E-state index in [2.05, 4.69) is 10.3 Å². The Morgan fingerprint density at radius 2 is 1.79 bits per heavy atom. The summed E-state index contributed by atoms with van der Waals surface area (Å²) < 4.78 is 5.05. The molecule has 1 aromatic heterocycles. The van der Waals surface area contributed by atoms with Crippen molar-refractivity contribution in [3.05, 3.63) is 52.3 Å². The van der Waals surface area contributed by atoms with Crippen molar-refractivity contribution in [3.63, 3.8) is 0 Å². The van der Waals surface area contributed by atoms with Crippen molar-refractivity contribution in [2.24, 2.45) is 0 Å². The summed E-state index contributed by atoms with van der Waals surface area (Å²) in [5.74, 6) is -0.930. The van der Waals surface area contributed by atoms with Crippen molar-refractivity contribution in [2.45, 2.75) is 34.6 Å². The van der Waals surface area contributed by atoms with Crippen LogP contribution < -0.4 is 5.32 Å². The summed E-state index contributed by atoms with van der Waals surface area (Å²) >= 11 is 0. The molecule has 150 valence electrons. The number of rotatable bonds is 7. The number of carbonyl (C=O) groups excluding carboxylic acids is 3. The minimum atomic E-state index is -0.459. The van der Waals surface area contributed by atoms with Gasteiger partial charge in [0.05, 0.1) is 12.2 Å². The van der Waals surface area contributed by atoms with E-state index >= 15 is 0 Å². The van der Waals surface area contributed by atoms with Gasteiger partial charge < -0.3 is 19.9 Å². The molecule has 0 aliphatic heterocycles. The molecular formula is C21H27N3O4. The Kier molecular flexibility index (Phi) is 6.98. The van der Waals surface area contributed by atoms with Gasteiger partial charge in [0.2, 0.25) is 0 Å². The second-order valence-electron chi connectivity index (χ2n) is 6.36. The maximum Gasteiger partial charge on any atom is 0.340 e. The number of nitrogens with zero attached hydrogens (tertiary/aromatic N) is 1. The van der Waals surface area contributed by atoms with Gasteiger partial charge in [-0.1, -0.05) is 6.07 Å². The normalized spacial score (nSPS) is 10.5. The van der Waals surface area contributed by atoms with Gasteiger partial charge in [-0.25, -0.2) is 4.79 Å². The van der Waals surface area contributed by atoms with Crippen LogP contribution in [-0.4, -0.2) is 47.4 Å². The van der Waals surface area contributed by atoms with Gasteiger partial charge in [-0.15, -0.1) is 0 Å². The van der Waals surface area contributed by atoms with Crippen LogP contribution >= 0.6 is 0 Å². The Bertz CT molecular complexity index is 882. The van der Waals surface area contributed by atoms with Gasteiger partial charge in [0.25, 0.3) is 11.8 Å². The van der Waals surface area contributed by atoms with Crippen LogP contribution in [0.25, 0.3) is 0 Å². The molecule has 1 aromatic carbocycles. The fourth-order valence-corrected chi connectivity index (χ4v) is 3.10. The van der Waals surface area contributed by atoms with Gasteiger partial charge >= 0.3 is 5.97 Å². The van der Waals surface area contributed by atoms with Crippen molar-refractivity contribution in [2.75, 3.05) is 25.0 Å². The molecular weight excluding hydrogens is 358 g/mol. The Balaban J connectivity index is 2.24. The zero-order valence-electron chi connectivity index (χ0n) is 17.0. The molecule has 0 atom stereocenters. The second-order valence-corrected chi connectivity index (χ2v) is 6.36. The van der Waals surface area contributed by atoms with Gasteiger partial charge in [-0.3, -0.25) is 9.59 Å². The largest absolute Gasteiger partial charge is 0.462 e. The van der Waals surface area contributed by atoms with Crippen molar-refractivity contribution >= 4 is 23.5 Å². The lowest BCUT2D eigenvalue weighted by Gasteiger charge is -2.19. The average Bonchev–Trinajstić information content (AvgIpc) is 2.97. The van der Waals surface area contributed by atoms with Crippen molar-refractivity contribution in [3.8, 4) is 0 Å². The summed E-state index contributed by atoms with van der Waals surface area (Å²) in [5.41, 5.74) is 2.79. The minimum absolute atomic E-state index is 0.0856. The van der Waals surface area contributed by atoms with E-state index < -0.39 is 5.97 Å². The van der Waals surface area contributed by atoms with Crippen LogP contribution in [0.3, 0.4) is 0 Å². The second kappa shape index (κ2) is 9.21. The van der Waals surface area contributed by atoms with Crippen LogP contribution in [0.5, 0.6) is 0 Å². The first kappa shape index (κ1) is 21.2. The third kappa shape index (κ3) is 4.42. The van der Waals surface area contributed by atoms with Crippen LogP contribution in [0.4, 0.5) is 5.69 Å². The highest BCUT2D eigenvalue weighted by molar-refractivity contribution is 6.07. The zero-order chi connectivity index (χ0) is 20.8. The average molecular weight is 385 g/mol.